The van der Waals surface area contributed by atoms with Gasteiger partial charge in [-0.25, -0.2) is 8.42 Å². The lowest BCUT2D eigenvalue weighted by Crippen LogP contribution is -2.41. The number of nitrogens with zero attached hydrogens (tertiary/aromatic N) is 1. The number of hydrogen-bond acceptors (Lipinski definition) is 5. The molecule has 3 aromatic carbocycles. The summed E-state index contributed by atoms with van der Waals surface area (Å²) >= 11 is 12.1. The molecule has 0 aliphatic heterocycles. The van der Waals surface area contributed by atoms with Gasteiger partial charge in [0.2, 0.25) is 5.91 Å². The molecule has 0 saturated carbocycles. The molecular formula is C24H24Cl2N2O5S. The Kier molecular flexibility index (Phi) is 8.30. The number of sulfonamides is 1. The Bertz CT molecular complexity index is 1270. The number of carbonyl (C=O) groups is 1. The van der Waals surface area contributed by atoms with Crippen molar-refractivity contribution in [3.8, 4) is 11.5 Å². The second kappa shape index (κ2) is 11.0. The van der Waals surface area contributed by atoms with Gasteiger partial charge in [-0.3, -0.25) is 9.10 Å². The normalized spacial score (nSPS) is 12.0. The molecule has 1 atom stereocenters. The lowest BCUT2D eigenvalue weighted by molar-refractivity contribution is -0.120. The molecule has 34 heavy (non-hydrogen) atoms. The van der Waals surface area contributed by atoms with Crippen molar-refractivity contribution >= 4 is 44.8 Å². The second-order valence-electron chi connectivity index (χ2n) is 7.33. The number of methoxy groups -OCH3 is 2. The highest BCUT2D eigenvalue weighted by molar-refractivity contribution is 7.92. The summed E-state index contributed by atoms with van der Waals surface area (Å²) in [5.41, 5.74) is 0.977. The van der Waals surface area contributed by atoms with Crippen LogP contribution in [0.5, 0.6) is 11.5 Å². The van der Waals surface area contributed by atoms with Crippen LogP contribution in [0.3, 0.4) is 0 Å². The minimum absolute atomic E-state index is 0.0433. The summed E-state index contributed by atoms with van der Waals surface area (Å²) in [6.45, 7) is 1.32. The van der Waals surface area contributed by atoms with Gasteiger partial charge in [-0.2, -0.15) is 0 Å². The number of nitrogens with one attached hydrogen (secondary N) is 1. The summed E-state index contributed by atoms with van der Waals surface area (Å²) in [5.74, 6) is 0.572. The highest BCUT2D eigenvalue weighted by Crippen LogP contribution is 2.31. The zero-order valence-electron chi connectivity index (χ0n) is 18.8. The summed E-state index contributed by atoms with van der Waals surface area (Å²) in [4.78, 5) is 13.0. The van der Waals surface area contributed by atoms with E-state index < -0.39 is 28.5 Å². The third kappa shape index (κ3) is 5.75. The Morgan fingerprint density at radius 2 is 1.62 bits per heavy atom. The van der Waals surface area contributed by atoms with E-state index >= 15 is 0 Å². The number of amides is 1. The number of ether oxygens (including phenoxy) is 2. The van der Waals surface area contributed by atoms with Crippen molar-refractivity contribution in [2.45, 2.75) is 17.9 Å². The van der Waals surface area contributed by atoms with E-state index in [1.54, 1.807) is 43.3 Å². The number of rotatable bonds is 9. The fourth-order valence-electron chi connectivity index (χ4n) is 3.30. The summed E-state index contributed by atoms with van der Waals surface area (Å²) in [5, 5.41) is 3.28. The van der Waals surface area contributed by atoms with Crippen molar-refractivity contribution in [2.75, 3.05) is 25.1 Å². The van der Waals surface area contributed by atoms with Gasteiger partial charge in [0.25, 0.3) is 10.0 Å². The molecule has 0 aliphatic rings. The molecule has 0 radical (unpaired) electrons. The van der Waals surface area contributed by atoms with Crippen LogP contribution >= 0.6 is 23.2 Å². The van der Waals surface area contributed by atoms with Crippen LogP contribution in [0.25, 0.3) is 0 Å². The molecule has 10 heteroatoms. The molecule has 0 fully saturated rings. The Hall–Kier alpha value is -2.94. The lowest BCUT2D eigenvalue weighted by Gasteiger charge is -2.25. The van der Waals surface area contributed by atoms with Gasteiger partial charge in [0, 0.05) is 0 Å². The van der Waals surface area contributed by atoms with E-state index in [1.807, 2.05) is 0 Å². The largest absolute Gasteiger partial charge is 0.493 e. The van der Waals surface area contributed by atoms with Crippen LogP contribution in [-0.4, -0.2) is 35.1 Å². The average molecular weight is 523 g/mol. The van der Waals surface area contributed by atoms with Gasteiger partial charge in [-0.05, 0) is 55.0 Å². The number of carbonyl (C=O) groups excluding carboxylic acids is 1. The van der Waals surface area contributed by atoms with E-state index in [-0.39, 0.29) is 20.6 Å². The molecule has 0 bridgehead atoms. The van der Waals surface area contributed by atoms with Crippen LogP contribution in [0.15, 0.2) is 71.6 Å². The minimum atomic E-state index is -4.06. The number of halogens is 2. The van der Waals surface area contributed by atoms with Crippen molar-refractivity contribution < 1.29 is 22.7 Å². The first-order valence-corrected chi connectivity index (χ1v) is 12.4. The van der Waals surface area contributed by atoms with Crippen LogP contribution in [0.4, 0.5) is 5.69 Å². The first kappa shape index (κ1) is 25.7. The lowest BCUT2D eigenvalue weighted by atomic mass is 10.1. The quantitative estimate of drug-likeness (QED) is 0.423. The van der Waals surface area contributed by atoms with Crippen LogP contribution in [0, 0.1) is 0 Å². The maximum Gasteiger partial charge on any atom is 0.264 e. The van der Waals surface area contributed by atoms with Gasteiger partial charge < -0.3 is 14.8 Å². The van der Waals surface area contributed by atoms with Crippen molar-refractivity contribution in [1.82, 2.24) is 5.32 Å². The monoisotopic (exact) mass is 522 g/mol. The Labute approximate surface area is 209 Å². The highest BCUT2D eigenvalue weighted by atomic mass is 35.5. The van der Waals surface area contributed by atoms with E-state index in [4.69, 9.17) is 32.7 Å². The molecule has 1 N–H and O–H groups in total. The molecule has 1 amide bonds. The van der Waals surface area contributed by atoms with Gasteiger partial charge in [0.1, 0.15) is 6.54 Å². The fraction of sp³-hybridized carbons (Fsp3) is 0.208. The zero-order chi connectivity index (χ0) is 24.9. The maximum atomic E-state index is 13.4. The summed E-state index contributed by atoms with van der Waals surface area (Å²) in [7, 11) is -1.01. The van der Waals surface area contributed by atoms with E-state index in [1.165, 1.54) is 44.6 Å². The van der Waals surface area contributed by atoms with E-state index in [9.17, 15) is 13.2 Å². The van der Waals surface area contributed by atoms with Gasteiger partial charge in [0.05, 0.1) is 40.9 Å². The molecule has 3 rings (SSSR count). The van der Waals surface area contributed by atoms with Gasteiger partial charge >= 0.3 is 0 Å². The number of benzene rings is 3. The van der Waals surface area contributed by atoms with Crippen LogP contribution < -0.4 is 19.1 Å². The summed E-state index contributed by atoms with van der Waals surface area (Å²) in [6.07, 6.45) is 0. The summed E-state index contributed by atoms with van der Waals surface area (Å²) in [6, 6.07) is 17.1. The molecule has 3 aromatic rings. The molecule has 7 nitrogen and oxygen atoms in total. The van der Waals surface area contributed by atoms with Gasteiger partial charge in [0.15, 0.2) is 11.5 Å². The average Bonchev–Trinajstić information content (AvgIpc) is 2.84. The van der Waals surface area contributed by atoms with Crippen molar-refractivity contribution in [3.05, 3.63) is 82.3 Å². The van der Waals surface area contributed by atoms with Crippen molar-refractivity contribution in [3.63, 3.8) is 0 Å². The molecule has 180 valence electrons. The third-order valence-corrected chi connectivity index (χ3v) is 7.62. The minimum Gasteiger partial charge on any atom is -0.493 e. The highest BCUT2D eigenvalue weighted by Gasteiger charge is 2.28. The molecule has 0 saturated heterocycles. The molecular weight excluding hydrogens is 499 g/mol. The zero-order valence-corrected chi connectivity index (χ0v) is 21.1. The predicted molar refractivity (Wildman–Crippen MR) is 134 cm³/mol. The molecule has 1 unspecified atom stereocenters. The summed E-state index contributed by atoms with van der Waals surface area (Å²) < 4.78 is 38.4. The van der Waals surface area contributed by atoms with Crippen molar-refractivity contribution in [1.29, 1.82) is 0 Å². The molecule has 0 aliphatic carbocycles. The van der Waals surface area contributed by atoms with E-state index in [2.05, 4.69) is 5.32 Å². The predicted octanol–water partition coefficient (Wildman–Crippen LogP) is 5.08. The number of hydrogen-bond donors (Lipinski definition) is 1. The first-order valence-electron chi connectivity index (χ1n) is 10.2. The Balaban J connectivity index is 1.89. The van der Waals surface area contributed by atoms with E-state index in [0.29, 0.717) is 11.5 Å². The van der Waals surface area contributed by atoms with Crippen LogP contribution in [0.2, 0.25) is 10.0 Å². The Morgan fingerprint density at radius 1 is 0.941 bits per heavy atom. The van der Waals surface area contributed by atoms with Crippen LogP contribution in [0.1, 0.15) is 18.5 Å². The van der Waals surface area contributed by atoms with Gasteiger partial charge in [-0.15, -0.1) is 0 Å². The van der Waals surface area contributed by atoms with E-state index in [0.717, 1.165) is 9.87 Å². The third-order valence-electron chi connectivity index (χ3n) is 5.09. The smallest absolute Gasteiger partial charge is 0.264 e. The SMILES string of the molecule is COc1ccc(C(C)NC(=O)CN(c2ccc(Cl)c(Cl)c2)S(=O)(=O)c2ccccc2)cc1OC. The van der Waals surface area contributed by atoms with Crippen LogP contribution in [-0.2, 0) is 14.8 Å². The van der Waals surface area contributed by atoms with Gasteiger partial charge in [-0.1, -0.05) is 47.5 Å². The second-order valence-corrected chi connectivity index (χ2v) is 10.0. The fourth-order valence-corrected chi connectivity index (χ4v) is 5.02. The van der Waals surface area contributed by atoms with Crippen molar-refractivity contribution in [2.24, 2.45) is 0 Å². The first-order chi connectivity index (χ1) is 16.2. The number of anilines is 1. The maximum absolute atomic E-state index is 13.4. The molecule has 0 aromatic heterocycles. The molecule has 0 spiro atoms. The molecule has 0 heterocycles. The standard InChI is InChI=1S/C24H24Cl2N2O5S/c1-16(17-9-12-22(32-2)23(13-17)33-3)27-24(29)15-28(18-10-11-20(25)21(26)14-18)34(30,31)19-7-5-4-6-8-19/h4-14,16H,15H2,1-3H3,(H,27,29). The Morgan fingerprint density at radius 3 is 2.24 bits per heavy atom. The topological polar surface area (TPSA) is 84.9 Å².